The van der Waals surface area contributed by atoms with Crippen molar-refractivity contribution >= 4 is 0 Å². The lowest BCUT2D eigenvalue weighted by molar-refractivity contribution is 0.319. The first-order chi connectivity index (χ1) is 12.3. The van der Waals surface area contributed by atoms with Gasteiger partial charge in [0.25, 0.3) is 0 Å². The van der Waals surface area contributed by atoms with Crippen LogP contribution in [0.5, 0.6) is 0 Å². The molecule has 1 heterocycles. The molecule has 0 aliphatic carbocycles. The molecule has 25 heavy (non-hydrogen) atoms. The second kappa shape index (κ2) is 6.85. The number of ether oxygens (including phenoxy) is 1. The van der Waals surface area contributed by atoms with Gasteiger partial charge in [-0.05, 0) is 29.0 Å². The van der Waals surface area contributed by atoms with Gasteiger partial charge in [0.05, 0.1) is 12.7 Å². The zero-order valence-corrected chi connectivity index (χ0v) is 14.6. The van der Waals surface area contributed by atoms with Crippen LogP contribution >= 0.6 is 0 Å². The smallest absolute Gasteiger partial charge is 0.0821 e. The number of benzene rings is 3. The molecule has 4 rings (SSSR count). The Balaban J connectivity index is 1.92. The molecule has 1 saturated heterocycles. The minimum absolute atomic E-state index is 0.0922. The average molecular weight is 328 g/mol. The second-order valence-electron chi connectivity index (χ2n) is 7.00. The van der Waals surface area contributed by atoms with Crippen LogP contribution in [0.1, 0.15) is 36.0 Å². The average Bonchev–Trinajstić information content (AvgIpc) is 3.52. The number of hydrogen-bond acceptors (Lipinski definition) is 1. The molecule has 3 aromatic carbocycles. The van der Waals surface area contributed by atoms with Crippen molar-refractivity contribution in [3.63, 3.8) is 0 Å². The van der Waals surface area contributed by atoms with Crippen molar-refractivity contribution in [2.75, 3.05) is 6.61 Å². The van der Waals surface area contributed by atoms with Crippen LogP contribution in [-0.4, -0.2) is 12.7 Å². The van der Waals surface area contributed by atoms with Gasteiger partial charge in [-0.2, -0.15) is 0 Å². The molecule has 1 nitrogen and oxygen atoms in total. The fourth-order valence-corrected chi connectivity index (χ4v) is 4.12. The third kappa shape index (κ3) is 3.12. The van der Waals surface area contributed by atoms with Crippen molar-refractivity contribution in [2.45, 2.75) is 30.8 Å². The van der Waals surface area contributed by atoms with Gasteiger partial charge in [-0.3, -0.25) is 0 Å². The largest absolute Gasteiger partial charge is 0.373 e. The molecule has 1 aliphatic heterocycles. The lowest BCUT2D eigenvalue weighted by atomic mass is 9.62. The monoisotopic (exact) mass is 328 g/mol. The fourth-order valence-electron chi connectivity index (χ4n) is 4.12. The Kier molecular flexibility index (Phi) is 4.42. The van der Waals surface area contributed by atoms with E-state index >= 15 is 0 Å². The van der Waals surface area contributed by atoms with Crippen molar-refractivity contribution in [3.8, 4) is 0 Å². The second-order valence-corrected chi connectivity index (χ2v) is 7.00. The molecule has 1 aliphatic rings. The topological polar surface area (TPSA) is 12.5 Å². The molecule has 0 saturated carbocycles. The van der Waals surface area contributed by atoms with Gasteiger partial charge in [0.15, 0.2) is 0 Å². The Bertz CT molecular complexity index is 752. The van der Waals surface area contributed by atoms with Crippen LogP contribution in [0.4, 0.5) is 0 Å². The first kappa shape index (κ1) is 16.1. The van der Waals surface area contributed by atoms with Gasteiger partial charge in [0.1, 0.15) is 0 Å². The van der Waals surface area contributed by atoms with Gasteiger partial charge in [-0.15, -0.1) is 0 Å². The van der Waals surface area contributed by atoms with Gasteiger partial charge in [-0.25, -0.2) is 0 Å². The number of epoxide rings is 1. The summed E-state index contributed by atoms with van der Waals surface area (Å²) < 4.78 is 5.69. The lowest BCUT2D eigenvalue weighted by Gasteiger charge is -2.41. The summed E-state index contributed by atoms with van der Waals surface area (Å²) in [4.78, 5) is 0. The molecule has 1 fully saturated rings. The van der Waals surface area contributed by atoms with Crippen molar-refractivity contribution in [3.05, 3.63) is 108 Å². The van der Waals surface area contributed by atoms with E-state index in [2.05, 4.69) is 97.9 Å². The third-order valence-electron chi connectivity index (χ3n) is 5.57. The molecule has 126 valence electrons. The lowest BCUT2D eigenvalue weighted by Crippen LogP contribution is -2.35. The normalized spacial score (nSPS) is 17.9. The van der Waals surface area contributed by atoms with Crippen LogP contribution in [0, 0.1) is 0 Å². The molecule has 0 bridgehead atoms. The summed E-state index contributed by atoms with van der Waals surface area (Å²) in [5.74, 6) is 0.350. The van der Waals surface area contributed by atoms with Crippen LogP contribution in [0.15, 0.2) is 91.0 Å². The summed E-state index contributed by atoms with van der Waals surface area (Å²) >= 11 is 0. The van der Waals surface area contributed by atoms with E-state index in [1.807, 2.05) is 0 Å². The molecular weight excluding hydrogens is 304 g/mol. The maximum absolute atomic E-state index is 5.69. The van der Waals surface area contributed by atoms with Crippen molar-refractivity contribution in [2.24, 2.45) is 0 Å². The number of rotatable bonds is 6. The Morgan fingerprint density at radius 1 is 0.800 bits per heavy atom. The Morgan fingerprint density at radius 3 is 1.68 bits per heavy atom. The maximum atomic E-state index is 5.69. The summed E-state index contributed by atoms with van der Waals surface area (Å²) in [5.41, 5.74) is 4.02. The van der Waals surface area contributed by atoms with E-state index in [0.29, 0.717) is 12.0 Å². The van der Waals surface area contributed by atoms with E-state index in [9.17, 15) is 0 Å². The van der Waals surface area contributed by atoms with Gasteiger partial charge >= 0.3 is 0 Å². The first-order valence-corrected chi connectivity index (χ1v) is 9.08. The highest BCUT2D eigenvalue weighted by Crippen LogP contribution is 2.49. The SMILES string of the molecule is CC(c1ccccc1)C(CC1CO1)(c1ccccc1)c1ccccc1. The fraction of sp³-hybridized carbons (Fsp3) is 0.250. The third-order valence-corrected chi connectivity index (χ3v) is 5.57. The van der Waals surface area contributed by atoms with Crippen LogP contribution in [0.25, 0.3) is 0 Å². The van der Waals surface area contributed by atoms with E-state index in [1.165, 1.54) is 16.7 Å². The maximum Gasteiger partial charge on any atom is 0.0821 e. The molecule has 2 unspecified atom stereocenters. The van der Waals surface area contributed by atoms with E-state index in [4.69, 9.17) is 4.74 Å². The van der Waals surface area contributed by atoms with E-state index < -0.39 is 0 Å². The summed E-state index contributed by atoms with van der Waals surface area (Å²) in [5, 5.41) is 0. The minimum atomic E-state index is -0.0922. The quantitative estimate of drug-likeness (QED) is 0.539. The predicted molar refractivity (Wildman–Crippen MR) is 103 cm³/mol. The summed E-state index contributed by atoms with van der Waals surface area (Å²) in [6.07, 6.45) is 1.36. The van der Waals surface area contributed by atoms with E-state index in [1.54, 1.807) is 0 Å². The Morgan fingerprint density at radius 2 is 1.24 bits per heavy atom. The van der Waals surface area contributed by atoms with Gasteiger partial charge < -0.3 is 4.74 Å². The standard InChI is InChI=1S/C24H24O/c1-19(20-11-5-2-6-12-20)24(17-23-18-25-23,21-13-7-3-8-14-21)22-15-9-4-10-16-22/h2-16,19,23H,17-18H2,1H3. The predicted octanol–water partition coefficient (Wildman–Crippen LogP) is 5.57. The highest BCUT2D eigenvalue weighted by atomic mass is 16.6. The minimum Gasteiger partial charge on any atom is -0.373 e. The highest BCUT2D eigenvalue weighted by molar-refractivity contribution is 5.45. The van der Waals surface area contributed by atoms with Crippen molar-refractivity contribution in [1.82, 2.24) is 0 Å². The van der Waals surface area contributed by atoms with Crippen molar-refractivity contribution < 1.29 is 4.74 Å². The van der Waals surface area contributed by atoms with Crippen molar-refractivity contribution in [1.29, 1.82) is 0 Å². The zero-order chi connectivity index (χ0) is 17.1. The summed E-state index contributed by atoms with van der Waals surface area (Å²) in [7, 11) is 0. The van der Waals surface area contributed by atoms with E-state index in [0.717, 1.165) is 13.0 Å². The van der Waals surface area contributed by atoms with Gasteiger partial charge in [0.2, 0.25) is 0 Å². The molecule has 2 atom stereocenters. The molecule has 1 heteroatoms. The van der Waals surface area contributed by atoms with Crippen LogP contribution in [0.2, 0.25) is 0 Å². The molecule has 3 aromatic rings. The molecule has 0 spiro atoms. The molecule has 0 radical (unpaired) electrons. The zero-order valence-electron chi connectivity index (χ0n) is 14.6. The Hall–Kier alpha value is -2.38. The van der Waals surface area contributed by atoms with Crippen LogP contribution in [-0.2, 0) is 10.2 Å². The molecule has 0 N–H and O–H groups in total. The van der Waals surface area contributed by atoms with Gasteiger partial charge in [-0.1, -0.05) is 97.9 Å². The van der Waals surface area contributed by atoms with Crippen LogP contribution in [0.3, 0.4) is 0 Å². The Labute approximate surface area is 150 Å². The van der Waals surface area contributed by atoms with E-state index in [-0.39, 0.29) is 5.41 Å². The van der Waals surface area contributed by atoms with Crippen LogP contribution < -0.4 is 0 Å². The summed E-state index contributed by atoms with van der Waals surface area (Å²) in [6.45, 7) is 3.24. The molecule has 0 aromatic heterocycles. The number of hydrogen-bond donors (Lipinski definition) is 0. The van der Waals surface area contributed by atoms with Gasteiger partial charge in [0, 0.05) is 5.41 Å². The molecule has 0 amide bonds. The molecular formula is C24H24O. The first-order valence-electron chi connectivity index (χ1n) is 9.08. The summed E-state index contributed by atoms with van der Waals surface area (Å²) in [6, 6.07) is 32.8. The highest BCUT2D eigenvalue weighted by Gasteiger charge is 2.45.